The zero-order valence-corrected chi connectivity index (χ0v) is 15.2. The number of rotatable bonds is 4. The van der Waals surface area contributed by atoms with E-state index in [0.29, 0.717) is 0 Å². The average molecular weight is 348 g/mol. The number of nitrogens with zero attached hydrogens (tertiary/aromatic N) is 2. The van der Waals surface area contributed by atoms with E-state index in [0.717, 1.165) is 16.9 Å². The lowest BCUT2D eigenvalue weighted by atomic mass is 10.0. The minimum Gasteiger partial charge on any atom is -0.151 e. The van der Waals surface area contributed by atoms with Crippen molar-refractivity contribution in [1.82, 2.24) is 0 Å². The number of azo groups is 1. The van der Waals surface area contributed by atoms with Crippen LogP contribution in [0.1, 0.15) is 16.7 Å². The fraction of sp³-hybridized carbons (Fsp3) is 0.0400. The van der Waals surface area contributed by atoms with Crippen molar-refractivity contribution in [3.05, 3.63) is 108 Å². The van der Waals surface area contributed by atoms with E-state index in [4.69, 9.17) is 0 Å². The van der Waals surface area contributed by atoms with Crippen LogP contribution in [0.15, 0.2) is 101 Å². The Morgan fingerprint density at radius 1 is 0.593 bits per heavy atom. The van der Waals surface area contributed by atoms with Gasteiger partial charge in [-0.15, -0.1) is 0 Å². The Bertz CT molecular complexity index is 1100. The molecule has 4 rings (SSSR count). The second-order valence-corrected chi connectivity index (χ2v) is 6.53. The largest absolute Gasteiger partial charge is 0.151 e. The van der Waals surface area contributed by atoms with Gasteiger partial charge in [0.05, 0.1) is 11.4 Å². The summed E-state index contributed by atoms with van der Waals surface area (Å²) in [7, 11) is 0. The molecule has 0 amide bonds. The maximum atomic E-state index is 4.31. The molecule has 0 radical (unpaired) electrons. The minimum absolute atomic E-state index is 0.845. The van der Waals surface area contributed by atoms with Gasteiger partial charge in [-0.2, -0.15) is 10.2 Å². The van der Waals surface area contributed by atoms with Crippen LogP contribution in [-0.2, 0) is 0 Å². The molecule has 4 aromatic rings. The number of aryl methyl sites for hydroxylation is 1. The van der Waals surface area contributed by atoms with E-state index < -0.39 is 0 Å². The zero-order valence-electron chi connectivity index (χ0n) is 15.2. The summed E-state index contributed by atoms with van der Waals surface area (Å²) in [6.45, 7) is 2.06. The topological polar surface area (TPSA) is 24.7 Å². The predicted molar refractivity (Wildman–Crippen MR) is 115 cm³/mol. The van der Waals surface area contributed by atoms with Crippen molar-refractivity contribution in [1.29, 1.82) is 0 Å². The van der Waals surface area contributed by atoms with Crippen LogP contribution in [0.2, 0.25) is 0 Å². The minimum atomic E-state index is 0.845. The Labute approximate surface area is 159 Å². The van der Waals surface area contributed by atoms with Crippen molar-refractivity contribution in [2.24, 2.45) is 10.2 Å². The molecule has 0 aliphatic heterocycles. The van der Waals surface area contributed by atoms with Gasteiger partial charge in [0.2, 0.25) is 0 Å². The SMILES string of the molecule is Cc1ccc(N=Nc2ccc(C=Cc3cccc4ccccc34)cc2)cc1. The third-order valence-electron chi connectivity index (χ3n) is 4.49. The van der Waals surface area contributed by atoms with Crippen molar-refractivity contribution in [2.45, 2.75) is 6.92 Å². The highest BCUT2D eigenvalue weighted by Gasteiger charge is 1.97. The van der Waals surface area contributed by atoms with E-state index >= 15 is 0 Å². The first kappa shape index (κ1) is 16.9. The summed E-state index contributed by atoms with van der Waals surface area (Å²) in [5.74, 6) is 0. The first-order valence-corrected chi connectivity index (χ1v) is 9.02. The summed E-state index contributed by atoms with van der Waals surface area (Å²) < 4.78 is 0. The molecular formula is C25H20N2. The molecule has 130 valence electrons. The van der Waals surface area contributed by atoms with Gasteiger partial charge in [0.25, 0.3) is 0 Å². The second kappa shape index (κ2) is 7.79. The van der Waals surface area contributed by atoms with Gasteiger partial charge in [0.1, 0.15) is 0 Å². The van der Waals surface area contributed by atoms with Gasteiger partial charge in [-0.05, 0) is 53.1 Å². The first-order chi connectivity index (χ1) is 13.3. The lowest BCUT2D eigenvalue weighted by molar-refractivity contribution is 1.23. The Morgan fingerprint density at radius 2 is 1.22 bits per heavy atom. The molecule has 4 aromatic carbocycles. The Morgan fingerprint density at radius 3 is 1.96 bits per heavy atom. The van der Waals surface area contributed by atoms with Gasteiger partial charge in [-0.1, -0.05) is 84.4 Å². The molecule has 0 aliphatic carbocycles. The van der Waals surface area contributed by atoms with Crippen LogP contribution in [-0.4, -0.2) is 0 Å². The number of hydrogen-bond donors (Lipinski definition) is 0. The van der Waals surface area contributed by atoms with E-state index in [-0.39, 0.29) is 0 Å². The summed E-state index contributed by atoms with van der Waals surface area (Å²) in [5, 5.41) is 11.1. The van der Waals surface area contributed by atoms with Crippen LogP contribution in [0.4, 0.5) is 11.4 Å². The molecule has 0 unspecified atom stereocenters. The highest BCUT2D eigenvalue weighted by atomic mass is 15.1. The maximum absolute atomic E-state index is 4.31. The number of benzene rings is 4. The quantitative estimate of drug-likeness (QED) is 0.266. The summed E-state index contributed by atoms with van der Waals surface area (Å²) in [6, 6.07) is 30.9. The first-order valence-electron chi connectivity index (χ1n) is 9.02. The molecule has 2 nitrogen and oxygen atoms in total. The summed E-state index contributed by atoms with van der Waals surface area (Å²) in [5.41, 5.74) is 5.28. The van der Waals surface area contributed by atoms with Gasteiger partial charge in [-0.25, -0.2) is 0 Å². The highest BCUT2D eigenvalue weighted by molar-refractivity contribution is 5.92. The summed E-state index contributed by atoms with van der Waals surface area (Å²) in [4.78, 5) is 0. The lowest BCUT2D eigenvalue weighted by Crippen LogP contribution is -1.77. The molecule has 0 aromatic heterocycles. The molecule has 0 saturated carbocycles. The molecular weight excluding hydrogens is 328 g/mol. The molecule has 0 spiro atoms. The van der Waals surface area contributed by atoms with Gasteiger partial charge in [0.15, 0.2) is 0 Å². The van der Waals surface area contributed by atoms with Gasteiger partial charge >= 0.3 is 0 Å². The van der Waals surface area contributed by atoms with Crippen molar-refractivity contribution < 1.29 is 0 Å². The van der Waals surface area contributed by atoms with Crippen LogP contribution >= 0.6 is 0 Å². The van der Waals surface area contributed by atoms with E-state index in [2.05, 4.69) is 83.9 Å². The Balaban J connectivity index is 1.50. The third kappa shape index (κ3) is 4.18. The fourth-order valence-electron chi connectivity index (χ4n) is 2.96. The fourth-order valence-corrected chi connectivity index (χ4v) is 2.96. The summed E-state index contributed by atoms with van der Waals surface area (Å²) in [6.07, 6.45) is 4.29. The van der Waals surface area contributed by atoms with Crippen LogP contribution in [0.3, 0.4) is 0 Å². The molecule has 2 heteroatoms. The van der Waals surface area contributed by atoms with Crippen LogP contribution in [0.25, 0.3) is 22.9 Å². The van der Waals surface area contributed by atoms with Crippen molar-refractivity contribution >= 4 is 34.3 Å². The van der Waals surface area contributed by atoms with E-state index in [1.54, 1.807) is 0 Å². The predicted octanol–water partition coefficient (Wildman–Crippen LogP) is 7.73. The molecule has 0 atom stereocenters. The zero-order chi connectivity index (χ0) is 18.5. The average Bonchev–Trinajstić information content (AvgIpc) is 2.72. The van der Waals surface area contributed by atoms with Crippen LogP contribution < -0.4 is 0 Å². The van der Waals surface area contributed by atoms with Crippen molar-refractivity contribution in [2.75, 3.05) is 0 Å². The maximum Gasteiger partial charge on any atom is 0.0857 e. The second-order valence-electron chi connectivity index (χ2n) is 6.53. The molecule has 0 aliphatic rings. The van der Waals surface area contributed by atoms with Crippen LogP contribution in [0, 0.1) is 6.92 Å². The normalized spacial score (nSPS) is 11.6. The lowest BCUT2D eigenvalue weighted by Gasteiger charge is -2.02. The molecule has 0 N–H and O–H groups in total. The van der Waals surface area contributed by atoms with E-state index in [1.807, 2.05) is 36.4 Å². The van der Waals surface area contributed by atoms with E-state index in [1.165, 1.54) is 21.9 Å². The molecule has 27 heavy (non-hydrogen) atoms. The molecule has 0 saturated heterocycles. The monoisotopic (exact) mass is 348 g/mol. The van der Waals surface area contributed by atoms with E-state index in [9.17, 15) is 0 Å². The standard InChI is InChI=1S/C25H20N2/c1-19-9-15-23(16-10-19)26-27-24-17-12-20(13-18-24)11-14-22-7-4-6-21-5-2-3-8-25(21)22/h2-18H,1H3. The number of fused-ring (bicyclic) bond motifs is 1. The van der Waals surface area contributed by atoms with Crippen molar-refractivity contribution in [3.8, 4) is 0 Å². The van der Waals surface area contributed by atoms with Crippen LogP contribution in [0.5, 0.6) is 0 Å². The summed E-state index contributed by atoms with van der Waals surface area (Å²) >= 11 is 0. The third-order valence-corrected chi connectivity index (χ3v) is 4.49. The molecule has 0 fully saturated rings. The Hall–Kier alpha value is -3.52. The Kier molecular flexibility index (Phi) is 4.88. The number of hydrogen-bond acceptors (Lipinski definition) is 2. The molecule has 0 bridgehead atoms. The van der Waals surface area contributed by atoms with Gasteiger partial charge in [-0.3, -0.25) is 0 Å². The molecule has 0 heterocycles. The smallest absolute Gasteiger partial charge is 0.0857 e. The van der Waals surface area contributed by atoms with Gasteiger partial charge in [0, 0.05) is 0 Å². The van der Waals surface area contributed by atoms with Gasteiger partial charge < -0.3 is 0 Å². The highest BCUT2D eigenvalue weighted by Crippen LogP contribution is 2.22. The van der Waals surface area contributed by atoms with Crippen molar-refractivity contribution in [3.63, 3.8) is 0 Å².